The number of rotatable bonds is 2. The lowest BCUT2D eigenvalue weighted by Gasteiger charge is -1.96. The summed E-state index contributed by atoms with van der Waals surface area (Å²) in [6.45, 7) is 5.04. The van der Waals surface area contributed by atoms with Crippen LogP contribution in [-0.2, 0) is 4.79 Å². The molecule has 0 aromatic carbocycles. The van der Waals surface area contributed by atoms with E-state index < -0.39 is 0 Å². The molecule has 0 saturated heterocycles. The molecule has 0 unspecified atom stereocenters. The topological polar surface area (TPSA) is 83.6 Å². The van der Waals surface area contributed by atoms with Crippen LogP contribution in [0.4, 0.5) is 5.95 Å². The summed E-state index contributed by atoms with van der Waals surface area (Å²) in [5.41, 5.74) is 0.404. The highest BCUT2D eigenvalue weighted by molar-refractivity contribution is 6.01. The second-order valence-electron chi connectivity index (χ2n) is 1.98. The number of aromatic nitrogens is 4. The molecule has 1 aromatic rings. The minimum absolute atomic E-state index is 0.220. The number of aromatic amines is 1. The Balaban J connectivity index is 2.57. The van der Waals surface area contributed by atoms with E-state index in [2.05, 4.69) is 32.5 Å². The van der Waals surface area contributed by atoms with E-state index in [0.29, 0.717) is 5.57 Å². The maximum absolute atomic E-state index is 10.9. The van der Waals surface area contributed by atoms with E-state index in [9.17, 15) is 4.79 Å². The van der Waals surface area contributed by atoms with Crippen molar-refractivity contribution < 1.29 is 4.79 Å². The predicted molar refractivity (Wildman–Crippen MR) is 37.6 cm³/mol. The van der Waals surface area contributed by atoms with E-state index in [1.165, 1.54) is 0 Å². The van der Waals surface area contributed by atoms with Gasteiger partial charge >= 0.3 is 0 Å². The molecule has 0 aliphatic carbocycles. The molecule has 1 heterocycles. The van der Waals surface area contributed by atoms with Gasteiger partial charge in [0.2, 0.25) is 5.95 Å². The van der Waals surface area contributed by atoms with E-state index in [1.807, 2.05) is 0 Å². The molecule has 2 N–H and O–H groups in total. The number of amides is 1. The van der Waals surface area contributed by atoms with Crippen molar-refractivity contribution in [1.82, 2.24) is 20.6 Å². The van der Waals surface area contributed by atoms with E-state index in [-0.39, 0.29) is 11.9 Å². The van der Waals surface area contributed by atoms with Gasteiger partial charge in [-0.05, 0) is 17.4 Å². The van der Waals surface area contributed by atoms with Crippen molar-refractivity contribution in [2.45, 2.75) is 6.92 Å². The molecular weight excluding hydrogens is 146 g/mol. The number of nitrogens with one attached hydrogen (secondary N) is 2. The third-order valence-corrected chi connectivity index (χ3v) is 0.965. The summed E-state index contributed by atoms with van der Waals surface area (Å²) < 4.78 is 0. The van der Waals surface area contributed by atoms with Crippen molar-refractivity contribution in [2.24, 2.45) is 0 Å². The van der Waals surface area contributed by atoms with Crippen molar-refractivity contribution in [1.29, 1.82) is 0 Å². The van der Waals surface area contributed by atoms with Gasteiger partial charge in [0, 0.05) is 5.57 Å². The average Bonchev–Trinajstić information content (AvgIpc) is 2.39. The quantitative estimate of drug-likeness (QED) is 0.572. The van der Waals surface area contributed by atoms with Gasteiger partial charge in [0.05, 0.1) is 0 Å². The van der Waals surface area contributed by atoms with Crippen molar-refractivity contribution in [3.05, 3.63) is 12.2 Å². The SMILES string of the molecule is C=C(C)C(=O)Nc1nnn[nH]1. The normalized spacial score (nSPS) is 9.18. The maximum atomic E-state index is 10.9. The molecule has 0 saturated carbocycles. The second kappa shape index (κ2) is 2.91. The maximum Gasteiger partial charge on any atom is 0.253 e. The van der Waals surface area contributed by atoms with Crippen LogP contribution in [0.15, 0.2) is 12.2 Å². The first-order valence-electron chi connectivity index (χ1n) is 2.90. The Morgan fingerprint density at radius 3 is 2.91 bits per heavy atom. The number of hydrogen-bond donors (Lipinski definition) is 2. The van der Waals surface area contributed by atoms with E-state index in [4.69, 9.17) is 0 Å². The fourth-order valence-electron chi connectivity index (χ4n) is 0.426. The highest BCUT2D eigenvalue weighted by Gasteiger charge is 2.03. The largest absolute Gasteiger partial charge is 0.290 e. The van der Waals surface area contributed by atoms with E-state index in [1.54, 1.807) is 6.92 Å². The minimum atomic E-state index is -0.302. The molecule has 1 aromatic heterocycles. The smallest absolute Gasteiger partial charge is 0.253 e. The molecule has 0 aliphatic heterocycles. The number of tetrazole rings is 1. The van der Waals surface area contributed by atoms with Crippen LogP contribution in [0.1, 0.15) is 6.92 Å². The summed E-state index contributed by atoms with van der Waals surface area (Å²) in [7, 11) is 0. The summed E-state index contributed by atoms with van der Waals surface area (Å²) in [6, 6.07) is 0. The fourth-order valence-corrected chi connectivity index (χ4v) is 0.426. The van der Waals surface area contributed by atoms with Gasteiger partial charge in [0.1, 0.15) is 0 Å². The molecule has 0 radical (unpaired) electrons. The van der Waals surface area contributed by atoms with Crippen LogP contribution < -0.4 is 5.32 Å². The molecule has 0 spiro atoms. The van der Waals surface area contributed by atoms with Gasteiger partial charge in [-0.3, -0.25) is 10.1 Å². The molecule has 11 heavy (non-hydrogen) atoms. The average molecular weight is 153 g/mol. The lowest BCUT2D eigenvalue weighted by molar-refractivity contribution is -0.112. The van der Waals surface area contributed by atoms with Crippen LogP contribution in [0.3, 0.4) is 0 Å². The monoisotopic (exact) mass is 153 g/mol. The first-order chi connectivity index (χ1) is 5.20. The molecular formula is C5H7N5O. The Kier molecular flexibility index (Phi) is 1.95. The van der Waals surface area contributed by atoms with Gasteiger partial charge in [-0.2, -0.15) is 0 Å². The first-order valence-corrected chi connectivity index (χ1v) is 2.90. The van der Waals surface area contributed by atoms with Gasteiger partial charge in [0.15, 0.2) is 0 Å². The van der Waals surface area contributed by atoms with Gasteiger partial charge in [-0.1, -0.05) is 11.7 Å². The van der Waals surface area contributed by atoms with Crippen LogP contribution in [0.5, 0.6) is 0 Å². The zero-order valence-corrected chi connectivity index (χ0v) is 5.96. The summed E-state index contributed by atoms with van der Waals surface area (Å²) in [5, 5.41) is 14.8. The third kappa shape index (κ3) is 1.85. The predicted octanol–water partition coefficient (Wildman–Crippen LogP) is -0.286. The van der Waals surface area contributed by atoms with Gasteiger partial charge < -0.3 is 0 Å². The first kappa shape index (κ1) is 7.39. The standard InChI is InChI=1S/C5H7N5O/c1-3(2)4(11)6-5-7-9-10-8-5/h1H2,2H3,(H2,6,7,8,9,10,11). The molecule has 1 rings (SSSR count). The van der Waals surface area contributed by atoms with E-state index in [0.717, 1.165) is 0 Å². The minimum Gasteiger partial charge on any atom is -0.290 e. The third-order valence-electron chi connectivity index (χ3n) is 0.965. The highest BCUT2D eigenvalue weighted by atomic mass is 16.1. The van der Waals surface area contributed by atoms with Crippen molar-refractivity contribution in [2.75, 3.05) is 5.32 Å². The Bertz CT molecular complexity index is 264. The Labute approximate surface area is 62.7 Å². The van der Waals surface area contributed by atoms with E-state index >= 15 is 0 Å². The summed E-state index contributed by atoms with van der Waals surface area (Å²) in [4.78, 5) is 10.9. The van der Waals surface area contributed by atoms with Crippen LogP contribution in [0.2, 0.25) is 0 Å². The molecule has 0 aliphatic rings. The number of carbonyl (C=O) groups excluding carboxylic acids is 1. The van der Waals surface area contributed by atoms with Gasteiger partial charge in [-0.15, -0.1) is 0 Å². The zero-order valence-electron chi connectivity index (χ0n) is 5.96. The lowest BCUT2D eigenvalue weighted by atomic mass is 10.3. The molecule has 6 heteroatoms. The van der Waals surface area contributed by atoms with Crippen LogP contribution in [0, 0.1) is 0 Å². The number of anilines is 1. The van der Waals surface area contributed by atoms with Crippen molar-refractivity contribution in [3.8, 4) is 0 Å². The number of carbonyl (C=O) groups is 1. The lowest BCUT2D eigenvalue weighted by Crippen LogP contribution is -2.12. The molecule has 0 bridgehead atoms. The molecule has 6 nitrogen and oxygen atoms in total. The van der Waals surface area contributed by atoms with Crippen LogP contribution >= 0.6 is 0 Å². The van der Waals surface area contributed by atoms with Gasteiger partial charge in [0.25, 0.3) is 5.91 Å². The zero-order chi connectivity index (χ0) is 8.27. The Hall–Kier alpha value is -1.72. The molecule has 1 amide bonds. The van der Waals surface area contributed by atoms with Crippen molar-refractivity contribution >= 4 is 11.9 Å². The number of hydrogen-bond acceptors (Lipinski definition) is 4. The second-order valence-corrected chi connectivity index (χ2v) is 1.98. The Morgan fingerprint density at radius 2 is 2.45 bits per heavy atom. The fraction of sp³-hybridized carbons (Fsp3) is 0.200. The summed E-state index contributed by atoms with van der Waals surface area (Å²) >= 11 is 0. The van der Waals surface area contributed by atoms with Crippen LogP contribution in [-0.4, -0.2) is 26.5 Å². The Morgan fingerprint density at radius 1 is 1.73 bits per heavy atom. The molecule has 0 atom stereocenters. The van der Waals surface area contributed by atoms with Gasteiger partial charge in [-0.25, -0.2) is 5.10 Å². The molecule has 0 fully saturated rings. The van der Waals surface area contributed by atoms with Crippen molar-refractivity contribution in [3.63, 3.8) is 0 Å². The number of H-pyrrole nitrogens is 1. The summed E-state index contributed by atoms with van der Waals surface area (Å²) in [5.74, 6) is -0.0819. The molecule has 58 valence electrons. The van der Waals surface area contributed by atoms with Crippen LogP contribution in [0.25, 0.3) is 0 Å². The summed E-state index contributed by atoms with van der Waals surface area (Å²) in [6.07, 6.45) is 0. The number of nitrogens with zero attached hydrogens (tertiary/aromatic N) is 3. The highest BCUT2D eigenvalue weighted by Crippen LogP contribution is 1.94.